The van der Waals surface area contributed by atoms with Crippen molar-refractivity contribution >= 4 is 34.2 Å². The van der Waals surface area contributed by atoms with Gasteiger partial charge in [-0.2, -0.15) is 0 Å². The van der Waals surface area contributed by atoms with E-state index in [2.05, 4.69) is 225 Å². The van der Waals surface area contributed by atoms with E-state index >= 15 is 0 Å². The van der Waals surface area contributed by atoms with E-state index in [1.54, 1.807) is 26.3 Å². The van der Waals surface area contributed by atoms with Gasteiger partial charge in [0.2, 0.25) is 0 Å². The highest BCUT2D eigenvalue weighted by atomic mass is 79.9. The molecule has 0 radical (unpaired) electrons. The third-order valence-corrected chi connectivity index (χ3v) is 39.8. The molecule has 17 aliphatic rings. The highest BCUT2D eigenvalue weighted by Gasteiger charge is 2.68. The Balaban J connectivity index is 0.000000192. The van der Waals surface area contributed by atoms with Crippen molar-refractivity contribution < 1.29 is 88.4 Å². The number of aliphatic hydroxyl groups excluding tert-OH is 6. The second-order valence-electron chi connectivity index (χ2n) is 51.3. The molecule has 6 saturated heterocycles. The maximum atomic E-state index is 11.9. The zero-order valence-corrected chi connectivity index (χ0v) is 94.2. The summed E-state index contributed by atoms with van der Waals surface area (Å²) in [6, 6.07) is 0. The van der Waals surface area contributed by atoms with E-state index in [9.17, 15) is 50.1 Å². The van der Waals surface area contributed by atoms with Crippen LogP contribution in [-0.2, 0) is 47.5 Å². The molecule has 8 saturated carbocycles. The summed E-state index contributed by atoms with van der Waals surface area (Å²) < 4.78 is 42.1. The average Bonchev–Trinajstić information content (AvgIpc) is 1.54. The molecule has 8 N–H and O–H groups in total. The van der Waals surface area contributed by atoms with Crippen LogP contribution in [0.4, 0.5) is 0 Å². The van der Waals surface area contributed by atoms with Crippen molar-refractivity contribution in [3.63, 3.8) is 0 Å². The fourth-order valence-corrected chi connectivity index (χ4v) is 30.1. The number of ether oxygens (including phenoxy) is 7. The standard InChI is InChI=1S/C18H30O2.C16H26O2.C15H26.C14H22O3.C14H26O3.C14H24O2.C13H22O2.C10H14O3.C4H7Br.CH4O/c1-8-14-13(4)9-10-15(14)18(7)16(11-12(2)3)19-17(5,6)20-18;1-10-8-12-11(2)6-7-13(12)16(5)14(9-10)17-15(3,4)18-16;1-10-8-12(3)15(4,5)14-7-6-11(2)13(14)9-10;1-8(2)7-11(15)14(4)10-6-5-9(3)12(10)13(16)17-14;1-9(2)7-13(16)14(4,17)12-6-5-10(3)11(12)8-15;1-8-5-6-10-11(8)12(15)13(3)7-9(2)14(10,4)16-13;1-8-6-10-9(2)4-5-11(10)13(3,15)12(14)7-8;1-6-3-4-7-8(6)9(12)13-10(7,2)5-11;1-4(2)3-5;1-2/h8,13-16H,1-2,9-11H2,3-7H3;8,11-14H,6-7,9H2,1-5H3;9,11-14H,6-8H2,1-5H3;9-12,15H,1,5-7H2,2-4H3;10-13,15-17H,1,5-8H2,2-4H3;8-12,15H,5-7H2,1-4H3;6,9-12,14-15H,4-5,7H2,1-3H3;5-8H,3-4H2,1-2H3;1,3H2,2H3;2H,1H3/t13?,14-,15-,16?,18?;11?,12-,13-,14?,16+;11?,12?,13-,14-;9?,10-,11?,12+,14?;10?,11-,12+,13?,14?;8?,9?,10-,11-,12+,13?,14-;9?,10-,11-,12?,13+;6?,7-,8+,10?;;/m11110111../s1. The van der Waals surface area contributed by atoms with Crippen LogP contribution in [0.2, 0.25) is 0 Å². The number of alkyl halides is 1. The molecule has 19 heteroatoms. The molecular formula is C119H201BrO18. The summed E-state index contributed by atoms with van der Waals surface area (Å²) in [4.78, 5) is 34.2. The maximum Gasteiger partial charge on any atom is 0.310 e. The minimum atomic E-state index is -1.14. The van der Waals surface area contributed by atoms with Crippen LogP contribution in [0.15, 0.2) is 96.2 Å². The van der Waals surface area contributed by atoms with Crippen LogP contribution >= 0.6 is 15.9 Å². The van der Waals surface area contributed by atoms with Gasteiger partial charge in [0.25, 0.3) is 0 Å². The fraction of sp³-hybridized carbons (Fsp3) is 0.840. The van der Waals surface area contributed by atoms with Gasteiger partial charge in [0.1, 0.15) is 5.60 Å². The lowest BCUT2D eigenvalue weighted by molar-refractivity contribution is -0.233. The molecule has 14 fully saturated rings. The Morgan fingerprint density at radius 3 is 1.49 bits per heavy atom. The number of cyclic esters (lactones) is 2. The first kappa shape index (κ1) is 120. The van der Waals surface area contributed by atoms with E-state index in [1.165, 1.54) is 80.9 Å². The van der Waals surface area contributed by atoms with Gasteiger partial charge in [0.15, 0.2) is 23.5 Å². The van der Waals surface area contributed by atoms with Gasteiger partial charge in [-0.1, -0.05) is 169 Å². The third-order valence-electron chi connectivity index (χ3n) is 38.9. The van der Waals surface area contributed by atoms with Crippen molar-refractivity contribution in [3.8, 4) is 0 Å². The second-order valence-corrected chi connectivity index (χ2v) is 51.9. The Morgan fingerprint density at radius 1 is 0.514 bits per heavy atom. The van der Waals surface area contributed by atoms with Crippen LogP contribution in [0.25, 0.3) is 0 Å². The third kappa shape index (κ3) is 26.1. The Kier molecular flexibility index (Phi) is 41.1. The van der Waals surface area contributed by atoms with Crippen LogP contribution in [0.1, 0.15) is 362 Å². The molecule has 17 rings (SSSR count). The number of hydrogen-bond donors (Lipinski definition) is 8. The Labute approximate surface area is 847 Å². The first-order chi connectivity index (χ1) is 63.8. The number of hydrogen-bond acceptors (Lipinski definition) is 18. The van der Waals surface area contributed by atoms with Gasteiger partial charge in [-0.05, 0) is 415 Å². The number of carbonyl (C=O) groups is 3. The molecule has 11 aliphatic carbocycles. The highest BCUT2D eigenvalue weighted by molar-refractivity contribution is 9.09. The normalized spacial score (nSPS) is 45.1. The van der Waals surface area contributed by atoms with E-state index in [4.69, 9.17) is 38.3 Å². The number of aliphatic hydroxyl groups is 8. The van der Waals surface area contributed by atoms with E-state index in [1.807, 2.05) is 41.5 Å². The topological polar surface area (TPSA) is 278 Å². The molecule has 6 heterocycles. The quantitative estimate of drug-likeness (QED) is 0.0347. The van der Waals surface area contributed by atoms with Gasteiger partial charge in [-0.15, -0.1) is 26.3 Å². The number of esters is 2. The number of halogens is 1. The predicted molar refractivity (Wildman–Crippen MR) is 562 cm³/mol. The Hall–Kier alpha value is -3.51. The predicted octanol–water partition coefficient (Wildman–Crippen LogP) is 24.7. The zero-order valence-electron chi connectivity index (χ0n) is 92.6. The molecule has 6 aliphatic heterocycles. The number of rotatable bonds is 14. The van der Waals surface area contributed by atoms with E-state index in [-0.39, 0.29) is 101 Å². The molecular weight excluding hydrogens is 1800 g/mol. The largest absolute Gasteiger partial charge is 0.456 e. The Bertz CT molecular complexity index is 4130. The lowest BCUT2D eigenvalue weighted by Gasteiger charge is -2.49. The summed E-state index contributed by atoms with van der Waals surface area (Å²) in [6.07, 6.45) is 32.6. The van der Waals surface area contributed by atoms with E-state index < -0.39 is 52.3 Å². The summed E-state index contributed by atoms with van der Waals surface area (Å²) in [5.41, 5.74) is 4.76. The molecule has 792 valence electrons. The SMILES string of the molecule is C=C(C)CBr.C=C(C)CC(O)C(C)(O)[C@@H]1CCC(C)[C@@H]1CO.C=C(C)CC(O)C1(C)OC(=O)[C@H]2C(C)CC[C@H]21.C=C[C@@H]1C(C)CC[C@H]1C1(C)OC(C)(C)OC1CC(=C)C.CC1=C[C@@H]2C(C)CC[C@H]2C(C)(C)C(C)C1.CC1=C[C@@H]2C(C)CC[C@H]2[C@](C)(O)C(O)C1.CC1=C[C@@H]2C(C)CC[C@H]2[C@]2(C)OC(C)(C)OC2C1.CC1CC[C@@H]2[C@@H]1[C@H](O)C1(C)CC(C)[C@@]2(C)O1.CC1CC[C@@H]2[C@H]1C(=O)OC2(C)C=O.CO. The summed E-state index contributed by atoms with van der Waals surface area (Å²) in [5.74, 6) is 11.2. The van der Waals surface area contributed by atoms with Crippen molar-refractivity contribution in [3.05, 3.63) is 96.2 Å². The van der Waals surface area contributed by atoms with Crippen molar-refractivity contribution in [1.29, 1.82) is 0 Å². The van der Waals surface area contributed by atoms with Crippen molar-refractivity contribution in [1.82, 2.24) is 0 Å². The Morgan fingerprint density at radius 2 is 0.957 bits per heavy atom. The van der Waals surface area contributed by atoms with Crippen LogP contribution in [0, 0.1) is 159 Å². The van der Waals surface area contributed by atoms with Crippen molar-refractivity contribution in [2.75, 3.05) is 19.0 Å². The molecule has 40 atom stereocenters. The minimum absolute atomic E-state index is 0.0141. The summed E-state index contributed by atoms with van der Waals surface area (Å²) in [7, 11) is 1.00. The molecule has 138 heavy (non-hydrogen) atoms. The monoisotopic (exact) mass is 2000 g/mol. The number of allylic oxidation sites excluding steroid dienone is 6. The number of fused-ring (bicyclic) bond motifs is 11. The summed E-state index contributed by atoms with van der Waals surface area (Å²) in [5, 5.41) is 79.4. The first-order valence-electron chi connectivity index (χ1n) is 54.1. The van der Waals surface area contributed by atoms with Crippen LogP contribution in [0.5, 0.6) is 0 Å². The van der Waals surface area contributed by atoms with E-state index in [0.717, 1.165) is 129 Å². The molecule has 18 nitrogen and oxygen atoms in total. The van der Waals surface area contributed by atoms with Gasteiger partial charge >= 0.3 is 11.9 Å². The average molecular weight is 2000 g/mol. The van der Waals surface area contributed by atoms with E-state index in [0.29, 0.717) is 108 Å². The summed E-state index contributed by atoms with van der Waals surface area (Å²) >= 11 is 3.21. The lowest BCUT2D eigenvalue weighted by Crippen LogP contribution is -2.57. The van der Waals surface area contributed by atoms with Gasteiger partial charge < -0.3 is 74.0 Å². The van der Waals surface area contributed by atoms with Crippen LogP contribution in [0.3, 0.4) is 0 Å². The molecule has 0 aromatic heterocycles. The van der Waals surface area contributed by atoms with Gasteiger partial charge in [0, 0.05) is 30.9 Å². The molecule has 0 aromatic carbocycles. The summed E-state index contributed by atoms with van der Waals surface area (Å²) in [6.45, 7) is 85.7. The van der Waals surface area contributed by atoms with Gasteiger partial charge in [0.05, 0.1) is 82.1 Å². The lowest BCUT2D eigenvalue weighted by atomic mass is 9.66. The number of carbonyl (C=O) groups excluding carboxylic acids is 3. The number of aldehydes is 1. The second kappa shape index (κ2) is 47.3. The molecule has 20 unspecified atom stereocenters. The van der Waals surface area contributed by atoms with Gasteiger partial charge in [-0.3, -0.25) is 14.4 Å². The van der Waals surface area contributed by atoms with Crippen LogP contribution in [-0.4, -0.2) is 171 Å². The van der Waals surface area contributed by atoms with Crippen molar-refractivity contribution in [2.45, 2.75) is 455 Å². The molecule has 0 aromatic rings. The van der Waals surface area contributed by atoms with Crippen LogP contribution < -0.4 is 0 Å². The minimum Gasteiger partial charge on any atom is -0.456 e. The smallest absolute Gasteiger partial charge is 0.310 e. The fourth-order valence-electron chi connectivity index (χ4n) is 30.1. The molecule has 0 amide bonds. The maximum absolute atomic E-state index is 11.9. The highest BCUT2D eigenvalue weighted by Crippen LogP contribution is 2.64. The first-order valence-corrected chi connectivity index (χ1v) is 55.3. The molecule has 0 spiro atoms. The van der Waals surface area contributed by atoms with Crippen molar-refractivity contribution in [2.24, 2.45) is 159 Å². The van der Waals surface area contributed by atoms with Gasteiger partial charge in [-0.25, -0.2) is 0 Å². The molecule has 2 bridgehead atoms. The zero-order chi connectivity index (χ0) is 104.